The van der Waals surface area contributed by atoms with Crippen molar-refractivity contribution in [2.24, 2.45) is 17.8 Å². The summed E-state index contributed by atoms with van der Waals surface area (Å²) in [6, 6.07) is 5.35. The van der Waals surface area contributed by atoms with Gasteiger partial charge in [0.25, 0.3) is 0 Å². The van der Waals surface area contributed by atoms with E-state index in [0.717, 1.165) is 42.0 Å². The molecule has 2 bridgehead atoms. The zero-order valence-electron chi connectivity index (χ0n) is 23.7. The van der Waals surface area contributed by atoms with Crippen LogP contribution in [0.3, 0.4) is 0 Å². The Morgan fingerprint density at radius 3 is 1.62 bits per heavy atom. The van der Waals surface area contributed by atoms with Crippen LogP contribution >= 0.6 is 0 Å². The van der Waals surface area contributed by atoms with Crippen LogP contribution in [-0.2, 0) is 10.6 Å². The fourth-order valence-electron chi connectivity index (χ4n) is 4.96. The van der Waals surface area contributed by atoms with Crippen molar-refractivity contribution in [3.05, 3.63) is 84.0 Å². The zero-order chi connectivity index (χ0) is 35.9. The predicted octanol–water partition coefficient (Wildman–Crippen LogP) is 9.94. The van der Waals surface area contributed by atoms with Crippen molar-refractivity contribution in [3.63, 3.8) is 0 Å². The van der Waals surface area contributed by atoms with Crippen molar-refractivity contribution in [3.8, 4) is 5.75 Å². The van der Waals surface area contributed by atoms with Crippen LogP contribution in [0.2, 0.25) is 0 Å². The molecule has 4 unspecified atom stereocenters. The highest BCUT2D eigenvalue weighted by molar-refractivity contribution is 5.85. The van der Waals surface area contributed by atoms with Crippen LogP contribution in [0, 0.1) is 17.8 Å². The average Bonchev–Trinajstić information content (AvgIpc) is 3.59. The summed E-state index contributed by atoms with van der Waals surface area (Å²) in [4.78, 5) is 10.5. The molecule has 2 aliphatic rings. The SMILES string of the molecule is CC1CC2C=CC1C2.O=C(O)C=Cc1ccc(OC(F)(c2ccccc2)C(F)(F)C(F)(F)C(F)(F)C(F)(F)C(F)(F)C(F)(F)F)cc1. The van der Waals surface area contributed by atoms with E-state index in [1.807, 2.05) is 0 Å². The molecular formula is C30H24F14O3. The lowest BCUT2D eigenvalue weighted by molar-refractivity contribution is -0.456. The molecule has 4 rings (SSSR count). The number of rotatable bonds is 10. The van der Waals surface area contributed by atoms with Gasteiger partial charge in [0.15, 0.2) is 0 Å². The molecule has 1 saturated carbocycles. The summed E-state index contributed by atoms with van der Waals surface area (Å²) in [5, 5.41) is 8.55. The van der Waals surface area contributed by atoms with Crippen LogP contribution in [0.4, 0.5) is 61.5 Å². The first-order chi connectivity index (χ1) is 21.3. The van der Waals surface area contributed by atoms with E-state index in [1.165, 1.54) is 12.8 Å². The molecule has 0 spiro atoms. The number of carboxylic acids is 1. The van der Waals surface area contributed by atoms with Crippen molar-refractivity contribution in [1.29, 1.82) is 0 Å². The summed E-state index contributed by atoms with van der Waals surface area (Å²) in [7, 11) is 0. The minimum Gasteiger partial charge on any atom is -0.478 e. The molecule has 1 fully saturated rings. The highest BCUT2D eigenvalue weighted by Crippen LogP contribution is 2.63. The van der Waals surface area contributed by atoms with Crippen molar-refractivity contribution in [1.82, 2.24) is 0 Å². The van der Waals surface area contributed by atoms with Gasteiger partial charge in [0.05, 0.1) is 0 Å². The molecule has 47 heavy (non-hydrogen) atoms. The van der Waals surface area contributed by atoms with E-state index in [9.17, 15) is 61.9 Å². The van der Waals surface area contributed by atoms with Crippen molar-refractivity contribution in [2.45, 2.75) is 61.4 Å². The normalized spacial score (nSPS) is 21.7. The van der Waals surface area contributed by atoms with Gasteiger partial charge < -0.3 is 9.84 Å². The summed E-state index contributed by atoms with van der Waals surface area (Å²) in [6.07, 6.45) is 1.54. The Labute approximate surface area is 257 Å². The Morgan fingerprint density at radius 1 is 0.702 bits per heavy atom. The van der Waals surface area contributed by atoms with Gasteiger partial charge in [-0.25, -0.2) is 4.79 Å². The molecule has 4 atom stereocenters. The second-order valence-electron chi connectivity index (χ2n) is 10.9. The Kier molecular flexibility index (Phi) is 10.2. The highest BCUT2D eigenvalue weighted by Gasteiger charge is 2.93. The zero-order valence-corrected chi connectivity index (χ0v) is 23.7. The Balaban J connectivity index is 0.000000641. The van der Waals surface area contributed by atoms with Crippen LogP contribution in [0.25, 0.3) is 6.08 Å². The fourth-order valence-corrected chi connectivity index (χ4v) is 4.96. The first-order valence-corrected chi connectivity index (χ1v) is 13.4. The van der Waals surface area contributed by atoms with E-state index in [2.05, 4.69) is 23.8 Å². The van der Waals surface area contributed by atoms with Gasteiger partial charge in [0.1, 0.15) is 5.75 Å². The first-order valence-electron chi connectivity index (χ1n) is 13.4. The number of fused-ring (bicyclic) bond motifs is 2. The van der Waals surface area contributed by atoms with Gasteiger partial charge in [-0.05, 0) is 54.4 Å². The molecule has 0 aliphatic heterocycles. The van der Waals surface area contributed by atoms with E-state index in [-0.39, 0.29) is 17.7 Å². The molecule has 2 aromatic carbocycles. The van der Waals surface area contributed by atoms with Gasteiger partial charge in [0.2, 0.25) is 0 Å². The van der Waals surface area contributed by atoms with Gasteiger partial charge in [-0.1, -0.05) is 61.5 Å². The minimum absolute atomic E-state index is 0.0495. The van der Waals surface area contributed by atoms with Gasteiger partial charge in [-0.15, -0.1) is 0 Å². The molecule has 0 saturated heterocycles. The van der Waals surface area contributed by atoms with Crippen molar-refractivity contribution < 1.29 is 76.1 Å². The van der Waals surface area contributed by atoms with Gasteiger partial charge in [0, 0.05) is 11.6 Å². The maximum atomic E-state index is 15.8. The summed E-state index contributed by atoms with van der Waals surface area (Å²) in [5.41, 5.74) is -1.81. The first kappa shape index (κ1) is 37.7. The molecule has 0 aromatic heterocycles. The standard InChI is InChI=1S/C22H12F14O3.C8H12/c23-16(13-4-2-1-3-5-13,39-14-9-6-12(7-10-14)8-11-15(37)38)17(24,25)18(26,27)19(28,29)20(30,31)21(32,33)22(34,35)36;1-6-4-7-2-3-8(6)5-7/h1-11H,(H,37,38);2-3,6-8H,4-5H2,1H3. The fraction of sp³-hybridized carbons (Fsp3) is 0.433. The van der Waals surface area contributed by atoms with E-state index in [0.29, 0.717) is 30.3 Å². The molecule has 0 heterocycles. The molecule has 0 radical (unpaired) electrons. The number of hydrogen-bond donors (Lipinski definition) is 1. The van der Waals surface area contributed by atoms with Crippen LogP contribution in [0.5, 0.6) is 5.75 Å². The van der Waals surface area contributed by atoms with E-state index in [1.54, 1.807) is 0 Å². The lowest BCUT2D eigenvalue weighted by Crippen LogP contribution is -2.73. The number of benzene rings is 2. The molecule has 17 heteroatoms. The molecule has 260 valence electrons. The molecule has 0 amide bonds. The summed E-state index contributed by atoms with van der Waals surface area (Å²) in [6.45, 7) is 2.37. The number of aliphatic carboxylic acids is 1. The largest absolute Gasteiger partial charge is 0.478 e. The highest BCUT2D eigenvalue weighted by atomic mass is 19.4. The quantitative estimate of drug-likeness (QED) is 0.153. The molecule has 2 aliphatic carbocycles. The van der Waals surface area contributed by atoms with Crippen LogP contribution in [0.15, 0.2) is 72.8 Å². The third-order valence-corrected chi connectivity index (χ3v) is 7.65. The summed E-state index contributed by atoms with van der Waals surface area (Å²) >= 11 is 0. The molecule has 1 N–H and O–H groups in total. The average molecular weight is 698 g/mol. The second kappa shape index (κ2) is 12.7. The Bertz CT molecular complexity index is 1450. The molecular weight excluding hydrogens is 674 g/mol. The summed E-state index contributed by atoms with van der Waals surface area (Å²) in [5.74, 6) is -45.0. The molecule has 3 nitrogen and oxygen atoms in total. The van der Waals surface area contributed by atoms with E-state index in [4.69, 9.17) is 5.11 Å². The number of carbonyl (C=O) groups is 1. The van der Waals surface area contributed by atoms with E-state index >= 15 is 4.39 Å². The number of carboxylic acid groups (broad SMARTS) is 1. The van der Waals surface area contributed by atoms with Crippen molar-refractivity contribution in [2.75, 3.05) is 0 Å². The van der Waals surface area contributed by atoms with Gasteiger partial charge >= 0.3 is 47.6 Å². The minimum atomic E-state index is -8.23. The van der Waals surface area contributed by atoms with E-state index < -0.39 is 58.9 Å². The maximum absolute atomic E-state index is 15.8. The number of allylic oxidation sites excluding steroid dienone is 2. The molecule has 2 aromatic rings. The number of alkyl halides is 14. The summed E-state index contributed by atoms with van der Waals surface area (Å²) < 4.78 is 197. The topological polar surface area (TPSA) is 46.5 Å². The third kappa shape index (κ3) is 6.66. The monoisotopic (exact) mass is 698 g/mol. The number of hydrogen-bond acceptors (Lipinski definition) is 2. The van der Waals surface area contributed by atoms with Crippen molar-refractivity contribution >= 4 is 12.0 Å². The third-order valence-electron chi connectivity index (χ3n) is 7.65. The maximum Gasteiger partial charge on any atom is 0.460 e. The smallest absolute Gasteiger partial charge is 0.460 e. The Hall–Kier alpha value is -3.79. The lowest BCUT2D eigenvalue weighted by Gasteiger charge is -2.43. The van der Waals surface area contributed by atoms with Gasteiger partial charge in [-0.2, -0.15) is 61.5 Å². The Morgan fingerprint density at radius 2 is 1.21 bits per heavy atom. The van der Waals surface area contributed by atoms with Crippen LogP contribution in [-0.4, -0.2) is 46.9 Å². The van der Waals surface area contributed by atoms with Gasteiger partial charge in [-0.3, -0.25) is 0 Å². The lowest BCUT2D eigenvalue weighted by atomic mass is 9.87. The van der Waals surface area contributed by atoms with Crippen LogP contribution < -0.4 is 4.74 Å². The number of halogens is 14. The second-order valence-corrected chi connectivity index (χ2v) is 10.9. The predicted molar refractivity (Wildman–Crippen MR) is 138 cm³/mol. The number of ether oxygens (including phenoxy) is 1. The van der Waals surface area contributed by atoms with Crippen LogP contribution in [0.1, 0.15) is 30.9 Å².